The molecule has 0 spiro atoms. The average Bonchev–Trinajstić information content (AvgIpc) is 3.37. The summed E-state index contributed by atoms with van der Waals surface area (Å²) in [6.45, 7) is 11.1. The van der Waals surface area contributed by atoms with Gasteiger partial charge >= 0.3 is 12.0 Å². The van der Waals surface area contributed by atoms with Gasteiger partial charge in [0, 0.05) is 30.5 Å². The highest BCUT2D eigenvalue weighted by Gasteiger charge is 2.74. The van der Waals surface area contributed by atoms with Gasteiger partial charge in [0.15, 0.2) is 0 Å². The zero-order chi connectivity index (χ0) is 36.1. The fourth-order valence-corrected chi connectivity index (χ4v) is 8.39. The number of likely N-dealkylation sites (tertiary alicyclic amines) is 1. The molecule has 0 aromatic rings. The van der Waals surface area contributed by atoms with Crippen molar-refractivity contribution in [3.63, 3.8) is 0 Å². The molecular formula is C35H53Cl2N5O7. The maximum Gasteiger partial charge on any atom is 0.315 e. The zero-order valence-corrected chi connectivity index (χ0v) is 30.7. The molecule has 49 heavy (non-hydrogen) atoms. The highest BCUT2D eigenvalue weighted by molar-refractivity contribution is 6.51. The Bertz CT molecular complexity index is 1290. The number of ketones is 1. The lowest BCUT2D eigenvalue weighted by Crippen LogP contribution is -2.61. The lowest BCUT2D eigenvalue weighted by Gasteiger charge is -2.37. The van der Waals surface area contributed by atoms with E-state index in [1.54, 1.807) is 6.08 Å². The van der Waals surface area contributed by atoms with Crippen LogP contribution in [0.2, 0.25) is 0 Å². The third-order valence-electron chi connectivity index (χ3n) is 10.2. The van der Waals surface area contributed by atoms with Gasteiger partial charge in [0.25, 0.3) is 5.91 Å². The lowest BCUT2D eigenvalue weighted by molar-refractivity contribution is -0.157. The van der Waals surface area contributed by atoms with Gasteiger partial charge in [-0.15, -0.1) is 29.8 Å². The molecule has 274 valence electrons. The van der Waals surface area contributed by atoms with Gasteiger partial charge in [0.1, 0.15) is 22.0 Å². The van der Waals surface area contributed by atoms with Crippen molar-refractivity contribution in [3.8, 4) is 0 Å². The fraction of sp³-hybridized carbons (Fsp3) is 0.771. The standard InChI is InChI=1S/C35H53Cl2N5O7/c1-6-7-15-23(28(44)30(46)38-19-16-24(43)49-34(5)17-11-12-18-34)39-29(45)27-25-22(35(25,36)37)20-42(27)31(47)26(21-13-9-8-10-14-21)40-32(48)41-33(2,3)4/h6,21-23,25-27H,1,7-20H2,2-5H3,(H,38,46)(H,39,45)(H2,40,41,48)/t22-,23-,25-,26-,27-/m0/s1. The van der Waals surface area contributed by atoms with Crippen molar-refractivity contribution in [2.75, 3.05) is 13.1 Å². The highest BCUT2D eigenvalue weighted by atomic mass is 35.5. The summed E-state index contributed by atoms with van der Waals surface area (Å²) >= 11 is 13.1. The van der Waals surface area contributed by atoms with Crippen molar-refractivity contribution < 1.29 is 33.5 Å². The Hall–Kier alpha value is -2.86. The van der Waals surface area contributed by atoms with Crippen LogP contribution in [0.15, 0.2) is 12.7 Å². The van der Waals surface area contributed by atoms with Gasteiger partial charge in [-0.3, -0.25) is 24.0 Å². The predicted molar refractivity (Wildman–Crippen MR) is 186 cm³/mol. The second-order valence-electron chi connectivity index (χ2n) is 15.4. The molecule has 12 nitrogen and oxygen atoms in total. The Balaban J connectivity index is 1.45. The van der Waals surface area contributed by atoms with Crippen LogP contribution in [0, 0.1) is 17.8 Å². The van der Waals surface area contributed by atoms with Gasteiger partial charge in [-0.1, -0.05) is 25.3 Å². The predicted octanol–water partition coefficient (Wildman–Crippen LogP) is 4.07. The number of amides is 5. The summed E-state index contributed by atoms with van der Waals surface area (Å²) in [7, 11) is 0. The van der Waals surface area contributed by atoms with E-state index in [2.05, 4.69) is 27.8 Å². The molecule has 4 aliphatic rings. The molecular weight excluding hydrogens is 673 g/mol. The zero-order valence-electron chi connectivity index (χ0n) is 29.2. The number of rotatable bonds is 14. The van der Waals surface area contributed by atoms with E-state index in [-0.39, 0.29) is 37.8 Å². The van der Waals surface area contributed by atoms with Gasteiger partial charge in [-0.25, -0.2) is 4.79 Å². The number of fused-ring (bicyclic) bond motifs is 1. The molecule has 1 heterocycles. The number of esters is 1. The summed E-state index contributed by atoms with van der Waals surface area (Å²) in [6.07, 6.45) is 9.84. The first-order chi connectivity index (χ1) is 23.0. The molecule has 4 rings (SSSR count). The number of nitrogens with one attached hydrogen (secondary N) is 4. The monoisotopic (exact) mass is 725 g/mol. The van der Waals surface area contributed by atoms with Crippen molar-refractivity contribution in [1.82, 2.24) is 26.2 Å². The summed E-state index contributed by atoms with van der Waals surface area (Å²) in [6, 6.07) is -3.69. The molecule has 5 amide bonds. The molecule has 0 radical (unpaired) electrons. The number of nitrogens with zero attached hydrogens (tertiary/aromatic N) is 1. The number of alkyl halides is 2. The molecule has 4 N–H and O–H groups in total. The summed E-state index contributed by atoms with van der Waals surface area (Å²) in [5, 5.41) is 10.9. The number of piperidine rings is 1. The van der Waals surface area contributed by atoms with Gasteiger partial charge in [-0.05, 0) is 85.0 Å². The number of hydrogen-bond donors (Lipinski definition) is 4. The molecule has 3 saturated carbocycles. The molecule has 1 saturated heterocycles. The van der Waals surface area contributed by atoms with Crippen molar-refractivity contribution >= 4 is 58.7 Å². The Morgan fingerprint density at radius 1 is 1.00 bits per heavy atom. The molecule has 5 atom stereocenters. The van der Waals surface area contributed by atoms with Crippen LogP contribution in [0.3, 0.4) is 0 Å². The number of carbonyl (C=O) groups excluding carboxylic acids is 6. The summed E-state index contributed by atoms with van der Waals surface area (Å²) < 4.78 is 4.35. The van der Waals surface area contributed by atoms with Crippen LogP contribution in [0.5, 0.6) is 0 Å². The maximum atomic E-state index is 14.3. The van der Waals surface area contributed by atoms with Crippen LogP contribution in [0.25, 0.3) is 0 Å². The molecule has 0 aromatic heterocycles. The SMILES string of the molecule is C=CCC[C@H](NC(=O)[C@@H]1[C@@H]2[C@H](CN1C(=O)[C@@H](NC(=O)NC(C)(C)C)C1CCCCC1)C2(Cl)Cl)C(=O)C(=O)NCCC(=O)OC1(C)CCCC1. The maximum absolute atomic E-state index is 14.3. The Kier molecular flexibility index (Phi) is 12.7. The van der Waals surface area contributed by atoms with Crippen LogP contribution < -0.4 is 21.3 Å². The van der Waals surface area contributed by atoms with E-state index in [4.69, 9.17) is 27.9 Å². The molecule has 4 fully saturated rings. The van der Waals surface area contributed by atoms with E-state index in [0.29, 0.717) is 6.42 Å². The third kappa shape index (κ3) is 9.90. The van der Waals surface area contributed by atoms with E-state index in [0.717, 1.165) is 57.8 Å². The first-order valence-corrected chi connectivity index (χ1v) is 18.4. The molecule has 3 aliphatic carbocycles. The van der Waals surface area contributed by atoms with Gasteiger partial charge in [-0.2, -0.15) is 0 Å². The topological polar surface area (TPSA) is 163 Å². The second kappa shape index (κ2) is 16.0. The number of allylic oxidation sites excluding steroid dienone is 1. The van der Waals surface area contributed by atoms with Crippen molar-refractivity contribution in [1.29, 1.82) is 0 Å². The summed E-state index contributed by atoms with van der Waals surface area (Å²) in [4.78, 5) is 81.3. The van der Waals surface area contributed by atoms with Crippen LogP contribution in [0.1, 0.15) is 105 Å². The van der Waals surface area contributed by atoms with E-state index in [9.17, 15) is 28.8 Å². The molecule has 0 unspecified atom stereocenters. The fourth-order valence-electron chi connectivity index (χ4n) is 7.56. The number of ether oxygens (including phenoxy) is 1. The third-order valence-corrected chi connectivity index (χ3v) is 11.3. The van der Waals surface area contributed by atoms with E-state index in [1.807, 2.05) is 27.7 Å². The summed E-state index contributed by atoms with van der Waals surface area (Å²) in [5.74, 6) is -4.44. The smallest absolute Gasteiger partial charge is 0.315 e. The quantitative estimate of drug-likeness (QED) is 0.0908. The van der Waals surface area contributed by atoms with E-state index in [1.165, 1.54) is 4.90 Å². The van der Waals surface area contributed by atoms with Gasteiger partial charge < -0.3 is 30.9 Å². The second-order valence-corrected chi connectivity index (χ2v) is 16.8. The molecule has 1 aliphatic heterocycles. The first kappa shape index (κ1) is 38.9. The minimum absolute atomic E-state index is 0.0861. The van der Waals surface area contributed by atoms with Gasteiger partial charge in [0.05, 0.1) is 12.5 Å². The van der Waals surface area contributed by atoms with Crippen molar-refractivity contribution in [2.24, 2.45) is 17.8 Å². The molecule has 0 aromatic carbocycles. The van der Waals surface area contributed by atoms with Gasteiger partial charge in [0.2, 0.25) is 17.6 Å². The average molecular weight is 727 g/mol. The minimum atomic E-state index is -1.24. The van der Waals surface area contributed by atoms with Crippen molar-refractivity contribution in [3.05, 3.63) is 12.7 Å². The van der Waals surface area contributed by atoms with Crippen LogP contribution >= 0.6 is 23.2 Å². The summed E-state index contributed by atoms with van der Waals surface area (Å²) in [5.41, 5.74) is -1.03. The van der Waals surface area contributed by atoms with Crippen LogP contribution in [0.4, 0.5) is 4.79 Å². The Morgan fingerprint density at radius 3 is 2.27 bits per heavy atom. The number of urea groups is 1. The van der Waals surface area contributed by atoms with Crippen LogP contribution in [-0.4, -0.2) is 87.1 Å². The van der Waals surface area contributed by atoms with E-state index >= 15 is 0 Å². The number of carbonyl (C=O) groups is 6. The highest BCUT2D eigenvalue weighted by Crippen LogP contribution is 2.65. The number of hydrogen-bond acceptors (Lipinski definition) is 7. The Labute approximate surface area is 299 Å². The number of halogens is 2. The van der Waals surface area contributed by atoms with Crippen LogP contribution in [-0.2, 0) is 28.7 Å². The normalized spacial score (nSPS) is 25.3. The first-order valence-electron chi connectivity index (χ1n) is 17.7. The van der Waals surface area contributed by atoms with Crippen molar-refractivity contribution in [2.45, 2.75) is 138 Å². The largest absolute Gasteiger partial charge is 0.459 e. The molecule has 0 bridgehead atoms. The Morgan fingerprint density at radius 2 is 1.65 bits per heavy atom. The molecule has 14 heteroatoms. The van der Waals surface area contributed by atoms with E-state index < -0.39 is 75.0 Å². The lowest BCUT2D eigenvalue weighted by atomic mass is 9.83. The minimum Gasteiger partial charge on any atom is -0.459 e. The number of Topliss-reactive ketones (excluding diaryl/α,β-unsaturated/α-hetero) is 1.